The number of rotatable bonds is 8. The fourth-order valence-corrected chi connectivity index (χ4v) is 2.12. The highest BCUT2D eigenvalue weighted by Crippen LogP contribution is 2.22. The fourth-order valence-electron chi connectivity index (χ4n) is 2.12. The molecule has 1 aromatic rings. The first-order valence-electron chi connectivity index (χ1n) is 6.71. The second-order valence-corrected chi connectivity index (χ2v) is 4.72. The molecule has 0 heterocycles. The molecule has 108 valence electrons. The van der Waals surface area contributed by atoms with Crippen LogP contribution in [-0.2, 0) is 4.74 Å². The molecule has 0 aromatic heterocycles. The first-order chi connectivity index (χ1) is 9.04. The third-order valence-electron chi connectivity index (χ3n) is 3.06. The number of hydrogen-bond donors (Lipinski definition) is 1. The SMILES string of the molecule is CCNC(CCOCC(F)F)c1cc(C)ccc1C. The van der Waals surface area contributed by atoms with Crippen molar-refractivity contribution in [1.82, 2.24) is 5.32 Å². The Balaban J connectivity index is 2.63. The molecule has 0 saturated carbocycles. The number of ether oxygens (including phenoxy) is 1. The van der Waals surface area contributed by atoms with Crippen molar-refractivity contribution in [1.29, 1.82) is 0 Å². The van der Waals surface area contributed by atoms with Gasteiger partial charge < -0.3 is 10.1 Å². The summed E-state index contributed by atoms with van der Waals surface area (Å²) in [6, 6.07) is 6.47. The molecule has 0 bridgehead atoms. The van der Waals surface area contributed by atoms with Gasteiger partial charge >= 0.3 is 0 Å². The molecule has 1 aromatic carbocycles. The third kappa shape index (κ3) is 5.66. The maximum atomic E-state index is 12.0. The lowest BCUT2D eigenvalue weighted by Gasteiger charge is -2.21. The van der Waals surface area contributed by atoms with Crippen molar-refractivity contribution in [3.05, 3.63) is 34.9 Å². The van der Waals surface area contributed by atoms with Gasteiger partial charge in [0.25, 0.3) is 6.43 Å². The van der Waals surface area contributed by atoms with E-state index >= 15 is 0 Å². The highest BCUT2D eigenvalue weighted by Gasteiger charge is 2.13. The van der Waals surface area contributed by atoms with E-state index in [1.165, 1.54) is 16.7 Å². The Morgan fingerprint density at radius 1 is 1.26 bits per heavy atom. The van der Waals surface area contributed by atoms with Crippen molar-refractivity contribution >= 4 is 0 Å². The minimum atomic E-state index is -2.39. The lowest BCUT2D eigenvalue weighted by atomic mass is 9.97. The molecule has 0 aliphatic heterocycles. The first kappa shape index (κ1) is 16.1. The van der Waals surface area contributed by atoms with Gasteiger partial charge in [-0.2, -0.15) is 0 Å². The maximum absolute atomic E-state index is 12.0. The average molecular weight is 271 g/mol. The molecule has 0 amide bonds. The molecule has 0 fully saturated rings. The van der Waals surface area contributed by atoms with E-state index in [0.717, 1.165) is 6.54 Å². The highest BCUT2D eigenvalue weighted by atomic mass is 19.3. The molecule has 0 spiro atoms. The average Bonchev–Trinajstić information content (AvgIpc) is 2.36. The number of halogens is 2. The molecule has 0 aliphatic rings. The minimum absolute atomic E-state index is 0.155. The zero-order valence-electron chi connectivity index (χ0n) is 11.9. The lowest BCUT2D eigenvalue weighted by Crippen LogP contribution is -2.23. The molecule has 4 heteroatoms. The van der Waals surface area contributed by atoms with Crippen LogP contribution in [0.4, 0.5) is 8.78 Å². The number of alkyl halides is 2. The number of benzene rings is 1. The van der Waals surface area contributed by atoms with E-state index in [1.807, 2.05) is 6.92 Å². The van der Waals surface area contributed by atoms with E-state index in [4.69, 9.17) is 4.74 Å². The van der Waals surface area contributed by atoms with Crippen LogP contribution in [0.3, 0.4) is 0 Å². The standard InChI is InChI=1S/C15H23F2NO/c1-4-18-14(7-8-19-10-15(16)17)13-9-11(2)5-6-12(13)3/h5-6,9,14-15,18H,4,7-8,10H2,1-3H3. The quantitative estimate of drug-likeness (QED) is 0.729. The molecule has 2 nitrogen and oxygen atoms in total. The highest BCUT2D eigenvalue weighted by molar-refractivity contribution is 5.33. The Kier molecular flexibility index (Phi) is 6.95. The minimum Gasteiger partial charge on any atom is -0.375 e. The predicted octanol–water partition coefficient (Wildman–Crippen LogP) is 3.63. The van der Waals surface area contributed by atoms with Gasteiger partial charge in [0.1, 0.15) is 6.61 Å². The van der Waals surface area contributed by atoms with Gasteiger partial charge in [-0.15, -0.1) is 0 Å². The van der Waals surface area contributed by atoms with E-state index < -0.39 is 13.0 Å². The molecular weight excluding hydrogens is 248 g/mol. The maximum Gasteiger partial charge on any atom is 0.261 e. The lowest BCUT2D eigenvalue weighted by molar-refractivity contribution is 0.0144. The van der Waals surface area contributed by atoms with Crippen LogP contribution >= 0.6 is 0 Å². The van der Waals surface area contributed by atoms with E-state index in [-0.39, 0.29) is 6.04 Å². The summed E-state index contributed by atoms with van der Waals surface area (Å²) < 4.78 is 29.0. The predicted molar refractivity (Wildman–Crippen MR) is 73.8 cm³/mol. The van der Waals surface area contributed by atoms with E-state index in [1.54, 1.807) is 0 Å². The summed E-state index contributed by atoms with van der Waals surface area (Å²) in [5.41, 5.74) is 3.64. The van der Waals surface area contributed by atoms with Crippen LogP contribution in [0.5, 0.6) is 0 Å². The molecular formula is C15H23F2NO. The molecule has 0 saturated heterocycles. The van der Waals surface area contributed by atoms with Crippen LogP contribution < -0.4 is 5.32 Å². The van der Waals surface area contributed by atoms with Gasteiger partial charge in [0.15, 0.2) is 0 Å². The van der Waals surface area contributed by atoms with Gasteiger partial charge in [-0.3, -0.25) is 0 Å². The second-order valence-electron chi connectivity index (χ2n) is 4.72. The molecule has 1 atom stereocenters. The second kappa shape index (κ2) is 8.23. The monoisotopic (exact) mass is 271 g/mol. The molecule has 1 N–H and O–H groups in total. The fraction of sp³-hybridized carbons (Fsp3) is 0.600. The summed E-state index contributed by atoms with van der Waals surface area (Å²) >= 11 is 0. The van der Waals surface area contributed by atoms with Crippen LogP contribution in [0.2, 0.25) is 0 Å². The number of aryl methyl sites for hydroxylation is 2. The van der Waals surface area contributed by atoms with Gasteiger partial charge in [0.2, 0.25) is 0 Å². The Hall–Kier alpha value is -1.00. The van der Waals surface area contributed by atoms with Crippen LogP contribution in [0, 0.1) is 13.8 Å². The molecule has 1 unspecified atom stereocenters. The summed E-state index contributed by atoms with van der Waals surface area (Å²) in [4.78, 5) is 0. The van der Waals surface area contributed by atoms with Crippen molar-refractivity contribution in [3.8, 4) is 0 Å². The Bertz CT molecular complexity index is 382. The van der Waals surface area contributed by atoms with Crippen molar-refractivity contribution in [2.24, 2.45) is 0 Å². The first-order valence-corrected chi connectivity index (χ1v) is 6.71. The summed E-state index contributed by atoms with van der Waals surface area (Å²) in [6.45, 7) is 6.87. The molecule has 19 heavy (non-hydrogen) atoms. The van der Waals surface area contributed by atoms with E-state index in [9.17, 15) is 8.78 Å². The summed E-state index contributed by atoms with van der Waals surface area (Å²) in [6.07, 6.45) is -1.69. The van der Waals surface area contributed by atoms with Crippen LogP contribution in [-0.4, -0.2) is 26.2 Å². The van der Waals surface area contributed by atoms with Gasteiger partial charge in [-0.25, -0.2) is 8.78 Å². The Labute approximate surface area is 114 Å². The van der Waals surface area contributed by atoms with Crippen LogP contribution in [0.15, 0.2) is 18.2 Å². The Morgan fingerprint density at radius 2 is 2.00 bits per heavy atom. The summed E-state index contributed by atoms with van der Waals surface area (Å²) in [7, 11) is 0. The van der Waals surface area contributed by atoms with Gasteiger partial charge in [0, 0.05) is 12.6 Å². The van der Waals surface area contributed by atoms with E-state index in [0.29, 0.717) is 13.0 Å². The molecule has 1 rings (SSSR count). The summed E-state index contributed by atoms with van der Waals surface area (Å²) in [5, 5.41) is 3.39. The Morgan fingerprint density at radius 3 is 2.63 bits per heavy atom. The van der Waals surface area contributed by atoms with Crippen LogP contribution in [0.25, 0.3) is 0 Å². The normalized spacial score (nSPS) is 12.9. The van der Waals surface area contributed by atoms with Crippen molar-refractivity contribution < 1.29 is 13.5 Å². The van der Waals surface area contributed by atoms with Crippen molar-refractivity contribution in [2.45, 2.75) is 39.7 Å². The number of hydrogen-bond acceptors (Lipinski definition) is 2. The summed E-state index contributed by atoms with van der Waals surface area (Å²) in [5.74, 6) is 0. The van der Waals surface area contributed by atoms with E-state index in [2.05, 4.69) is 37.4 Å². The van der Waals surface area contributed by atoms with Crippen molar-refractivity contribution in [2.75, 3.05) is 19.8 Å². The van der Waals surface area contributed by atoms with Crippen LogP contribution in [0.1, 0.15) is 36.1 Å². The smallest absolute Gasteiger partial charge is 0.261 e. The zero-order chi connectivity index (χ0) is 14.3. The third-order valence-corrected chi connectivity index (χ3v) is 3.06. The largest absolute Gasteiger partial charge is 0.375 e. The van der Waals surface area contributed by atoms with Gasteiger partial charge in [-0.1, -0.05) is 30.7 Å². The zero-order valence-corrected chi connectivity index (χ0v) is 11.9. The molecule has 0 aliphatic carbocycles. The van der Waals surface area contributed by atoms with Crippen molar-refractivity contribution in [3.63, 3.8) is 0 Å². The van der Waals surface area contributed by atoms with Gasteiger partial charge in [0.05, 0.1) is 0 Å². The van der Waals surface area contributed by atoms with Gasteiger partial charge in [-0.05, 0) is 37.9 Å². The topological polar surface area (TPSA) is 21.3 Å². The molecule has 0 radical (unpaired) electrons. The number of nitrogens with one attached hydrogen (secondary N) is 1.